The van der Waals surface area contributed by atoms with Crippen LogP contribution in [0.5, 0.6) is 0 Å². The Morgan fingerprint density at radius 2 is 0.880 bits per heavy atom. The summed E-state index contributed by atoms with van der Waals surface area (Å²) in [5.74, 6) is 0.669. The fourth-order valence-electron chi connectivity index (χ4n) is 7.05. The number of furan rings is 2. The summed E-state index contributed by atoms with van der Waals surface area (Å²) < 4.78 is 12.5. The van der Waals surface area contributed by atoms with Gasteiger partial charge in [0.25, 0.3) is 0 Å². The van der Waals surface area contributed by atoms with Crippen LogP contribution in [0.1, 0.15) is 0 Å². The second kappa shape index (κ2) is 11.4. The Balaban J connectivity index is 1.10. The maximum Gasteiger partial charge on any atom is 0.160 e. The van der Waals surface area contributed by atoms with E-state index in [1.165, 1.54) is 0 Å². The molecule has 0 spiro atoms. The van der Waals surface area contributed by atoms with Crippen molar-refractivity contribution >= 4 is 43.9 Å². The fourth-order valence-corrected chi connectivity index (χ4v) is 7.05. The maximum absolute atomic E-state index is 6.39. The van der Waals surface area contributed by atoms with Crippen LogP contribution in [-0.4, -0.2) is 9.97 Å². The molecule has 0 radical (unpaired) electrons. The summed E-state index contributed by atoms with van der Waals surface area (Å²) in [6.45, 7) is 0. The quantitative estimate of drug-likeness (QED) is 0.188. The van der Waals surface area contributed by atoms with Crippen LogP contribution in [-0.2, 0) is 0 Å². The predicted molar refractivity (Wildman–Crippen MR) is 204 cm³/mol. The zero-order valence-corrected chi connectivity index (χ0v) is 26.9. The third kappa shape index (κ3) is 4.77. The third-order valence-corrected chi connectivity index (χ3v) is 9.50. The monoisotopic (exact) mass is 640 g/mol. The van der Waals surface area contributed by atoms with Gasteiger partial charge in [0.15, 0.2) is 5.82 Å². The molecule has 0 aliphatic carbocycles. The van der Waals surface area contributed by atoms with Crippen molar-refractivity contribution in [2.45, 2.75) is 0 Å². The van der Waals surface area contributed by atoms with Crippen LogP contribution >= 0.6 is 0 Å². The largest absolute Gasteiger partial charge is 0.456 e. The van der Waals surface area contributed by atoms with Crippen molar-refractivity contribution in [1.29, 1.82) is 0 Å². The molecule has 3 aromatic heterocycles. The van der Waals surface area contributed by atoms with E-state index in [2.05, 4.69) is 121 Å². The molecule has 0 atom stereocenters. The standard InChI is InChI=1S/C46H28N2O2/c1-2-11-29(12-3-1)40-28-41(33-15-9-14-32(26-33)35-19-10-20-38-36-17-4-7-22-43(36)50-45(35)38)48-46(47-40)34-16-8-13-30(25-34)31-23-24-44-39(27-31)37-18-5-6-21-42(37)49-44/h1-28H. The number of hydrogen-bond acceptors (Lipinski definition) is 4. The van der Waals surface area contributed by atoms with E-state index in [4.69, 9.17) is 18.8 Å². The Bertz CT molecular complexity index is 2880. The first kappa shape index (κ1) is 28.3. The van der Waals surface area contributed by atoms with E-state index in [9.17, 15) is 0 Å². The minimum absolute atomic E-state index is 0.669. The van der Waals surface area contributed by atoms with Crippen molar-refractivity contribution in [2.75, 3.05) is 0 Å². The lowest BCUT2D eigenvalue weighted by atomic mass is 9.98. The van der Waals surface area contributed by atoms with E-state index in [0.29, 0.717) is 5.82 Å². The molecular weight excluding hydrogens is 613 g/mol. The van der Waals surface area contributed by atoms with Crippen molar-refractivity contribution in [3.05, 3.63) is 170 Å². The number of hydrogen-bond donors (Lipinski definition) is 0. The van der Waals surface area contributed by atoms with Crippen LogP contribution < -0.4 is 0 Å². The van der Waals surface area contributed by atoms with Crippen LogP contribution in [0.4, 0.5) is 0 Å². The first-order valence-electron chi connectivity index (χ1n) is 16.7. The lowest BCUT2D eigenvalue weighted by Gasteiger charge is -2.12. The lowest BCUT2D eigenvalue weighted by Crippen LogP contribution is -1.96. The van der Waals surface area contributed by atoms with Gasteiger partial charge in [0.1, 0.15) is 22.3 Å². The summed E-state index contributed by atoms with van der Waals surface area (Å²) >= 11 is 0. The van der Waals surface area contributed by atoms with E-state index < -0.39 is 0 Å². The normalized spacial score (nSPS) is 11.6. The molecule has 4 heteroatoms. The average Bonchev–Trinajstić information content (AvgIpc) is 3.76. The van der Waals surface area contributed by atoms with Gasteiger partial charge in [-0.25, -0.2) is 9.97 Å². The summed E-state index contributed by atoms with van der Waals surface area (Å²) in [6, 6.07) is 58.5. The van der Waals surface area contributed by atoms with Gasteiger partial charge in [-0.2, -0.15) is 0 Å². The van der Waals surface area contributed by atoms with E-state index in [1.54, 1.807) is 0 Å². The number of nitrogens with zero attached hydrogens (tertiary/aromatic N) is 2. The molecule has 0 bridgehead atoms. The van der Waals surface area contributed by atoms with Crippen molar-refractivity contribution in [3.63, 3.8) is 0 Å². The Labute approximate surface area is 287 Å². The highest BCUT2D eigenvalue weighted by Crippen LogP contribution is 2.38. The van der Waals surface area contributed by atoms with Gasteiger partial charge in [0, 0.05) is 43.8 Å². The van der Waals surface area contributed by atoms with Gasteiger partial charge >= 0.3 is 0 Å². The van der Waals surface area contributed by atoms with Gasteiger partial charge in [-0.05, 0) is 59.2 Å². The SMILES string of the molecule is c1ccc(-c2cc(-c3cccc(-c4cccc5c4oc4ccccc45)c3)nc(-c3cccc(-c4ccc5oc6ccccc6c5c4)c3)n2)cc1. The van der Waals surface area contributed by atoms with Crippen molar-refractivity contribution in [2.24, 2.45) is 0 Å². The second-order valence-electron chi connectivity index (χ2n) is 12.6. The van der Waals surface area contributed by atoms with Crippen LogP contribution in [0, 0.1) is 0 Å². The molecule has 0 unspecified atom stereocenters. The van der Waals surface area contributed by atoms with Gasteiger partial charge in [0.2, 0.25) is 0 Å². The van der Waals surface area contributed by atoms with Gasteiger partial charge < -0.3 is 8.83 Å². The van der Waals surface area contributed by atoms with Crippen molar-refractivity contribution in [3.8, 4) is 56.2 Å². The number of rotatable bonds is 5. The molecule has 10 aromatic rings. The number of benzene rings is 7. The molecule has 7 aromatic carbocycles. The predicted octanol–water partition coefficient (Wildman–Crippen LogP) is 12.6. The summed E-state index contributed by atoms with van der Waals surface area (Å²) in [7, 11) is 0. The van der Waals surface area contributed by atoms with E-state index in [1.807, 2.05) is 48.5 Å². The minimum Gasteiger partial charge on any atom is -0.456 e. The third-order valence-electron chi connectivity index (χ3n) is 9.50. The van der Waals surface area contributed by atoms with Crippen LogP contribution in [0.25, 0.3) is 100 Å². The molecule has 0 amide bonds. The van der Waals surface area contributed by atoms with Crippen molar-refractivity contribution < 1.29 is 8.83 Å². The van der Waals surface area contributed by atoms with Crippen molar-refractivity contribution in [1.82, 2.24) is 9.97 Å². The topological polar surface area (TPSA) is 52.1 Å². The van der Waals surface area contributed by atoms with Crippen LogP contribution in [0.3, 0.4) is 0 Å². The second-order valence-corrected chi connectivity index (χ2v) is 12.6. The smallest absolute Gasteiger partial charge is 0.160 e. The molecule has 3 heterocycles. The Hall–Kier alpha value is -6.78. The summed E-state index contributed by atoms with van der Waals surface area (Å²) in [4.78, 5) is 10.3. The summed E-state index contributed by atoms with van der Waals surface area (Å²) in [5, 5.41) is 4.45. The van der Waals surface area contributed by atoms with Crippen LogP contribution in [0.15, 0.2) is 179 Å². The molecule has 0 fully saturated rings. The molecule has 0 aliphatic heterocycles. The zero-order valence-electron chi connectivity index (χ0n) is 26.9. The molecule has 0 aliphatic rings. The first-order valence-corrected chi connectivity index (χ1v) is 16.7. The molecule has 50 heavy (non-hydrogen) atoms. The molecule has 0 saturated heterocycles. The molecule has 10 rings (SSSR count). The van der Waals surface area contributed by atoms with E-state index >= 15 is 0 Å². The van der Waals surface area contributed by atoms with E-state index in [0.717, 1.165) is 94.2 Å². The Morgan fingerprint density at radius 3 is 1.72 bits per heavy atom. The van der Waals surface area contributed by atoms with E-state index in [-0.39, 0.29) is 0 Å². The minimum atomic E-state index is 0.669. The molecule has 234 valence electrons. The Kier molecular flexibility index (Phi) is 6.46. The molecular formula is C46H28N2O2. The lowest BCUT2D eigenvalue weighted by molar-refractivity contribution is 0.669. The molecule has 0 saturated carbocycles. The van der Waals surface area contributed by atoms with Crippen LogP contribution in [0.2, 0.25) is 0 Å². The number of para-hydroxylation sites is 3. The highest BCUT2D eigenvalue weighted by molar-refractivity contribution is 6.10. The summed E-state index contributed by atoms with van der Waals surface area (Å²) in [6.07, 6.45) is 0. The van der Waals surface area contributed by atoms with Gasteiger partial charge in [-0.1, -0.05) is 127 Å². The van der Waals surface area contributed by atoms with Gasteiger partial charge in [0.05, 0.1) is 11.4 Å². The Morgan fingerprint density at radius 1 is 0.320 bits per heavy atom. The number of fused-ring (bicyclic) bond motifs is 6. The zero-order chi connectivity index (χ0) is 33.0. The highest BCUT2D eigenvalue weighted by atomic mass is 16.3. The first-order chi connectivity index (χ1) is 24.7. The number of aromatic nitrogens is 2. The molecule has 0 N–H and O–H groups in total. The maximum atomic E-state index is 6.39. The average molecular weight is 641 g/mol. The van der Waals surface area contributed by atoms with Gasteiger partial charge in [-0.15, -0.1) is 0 Å². The highest BCUT2D eigenvalue weighted by Gasteiger charge is 2.16. The summed E-state index contributed by atoms with van der Waals surface area (Å²) in [5.41, 5.74) is 12.6. The molecule has 4 nitrogen and oxygen atoms in total. The fraction of sp³-hybridized carbons (Fsp3) is 0. The van der Waals surface area contributed by atoms with Gasteiger partial charge in [-0.3, -0.25) is 0 Å².